The highest BCUT2D eigenvalue weighted by Crippen LogP contribution is 2.61. The minimum atomic E-state index is -0.558. The topological polar surface area (TPSA) is 49.3 Å². The molecule has 2 N–H and O–H groups in total. The lowest BCUT2D eigenvalue weighted by Crippen LogP contribution is -2.60. The molecule has 0 heterocycles. The third-order valence-electron chi connectivity index (χ3n) is 6.45. The number of rotatable bonds is 4. The van der Waals surface area contributed by atoms with Crippen molar-refractivity contribution in [1.29, 1.82) is 0 Å². The molecular weight excluding hydrogens is 286 g/mol. The Morgan fingerprint density at radius 3 is 2.57 bits per heavy atom. The first kappa shape index (κ1) is 15.2. The van der Waals surface area contributed by atoms with Crippen LogP contribution in [0.25, 0.3) is 0 Å². The molecule has 124 valence electrons. The predicted molar refractivity (Wildman–Crippen MR) is 90.0 cm³/mol. The van der Waals surface area contributed by atoms with Crippen molar-refractivity contribution in [2.75, 3.05) is 6.54 Å². The van der Waals surface area contributed by atoms with Crippen molar-refractivity contribution >= 4 is 5.91 Å². The summed E-state index contributed by atoms with van der Waals surface area (Å²) >= 11 is 0. The normalized spacial score (nSPS) is 37.8. The van der Waals surface area contributed by atoms with E-state index in [2.05, 4.69) is 30.4 Å². The summed E-state index contributed by atoms with van der Waals surface area (Å²) in [5, 5.41) is 14.0. The molecule has 4 fully saturated rings. The Kier molecular flexibility index (Phi) is 3.53. The van der Waals surface area contributed by atoms with E-state index in [9.17, 15) is 9.90 Å². The fourth-order valence-corrected chi connectivity index (χ4v) is 5.87. The second-order valence-corrected chi connectivity index (χ2v) is 8.40. The molecule has 4 bridgehead atoms. The van der Waals surface area contributed by atoms with Crippen LogP contribution in [0.4, 0.5) is 0 Å². The average molecular weight is 313 g/mol. The van der Waals surface area contributed by atoms with Crippen molar-refractivity contribution in [2.45, 2.75) is 57.5 Å². The number of nitrogens with one attached hydrogen (secondary N) is 1. The molecule has 0 saturated heterocycles. The molecule has 0 aliphatic heterocycles. The van der Waals surface area contributed by atoms with Gasteiger partial charge in [0.1, 0.15) is 0 Å². The zero-order valence-corrected chi connectivity index (χ0v) is 14.0. The summed E-state index contributed by atoms with van der Waals surface area (Å²) in [6.45, 7) is 2.81. The standard InChI is InChI=1S/C20H27NO2/c1-14-4-2-3-5-17(14)6-7-21-18(22)19-9-15-8-16(10-19)12-20(23,11-15)13-19/h2-5,15-16,23H,6-13H2,1H3,(H,21,22). The predicted octanol–water partition coefficient (Wildman–Crippen LogP) is 2.99. The Hall–Kier alpha value is -1.35. The Morgan fingerprint density at radius 1 is 1.22 bits per heavy atom. The van der Waals surface area contributed by atoms with Crippen LogP contribution in [0.5, 0.6) is 0 Å². The van der Waals surface area contributed by atoms with Crippen molar-refractivity contribution in [2.24, 2.45) is 17.3 Å². The van der Waals surface area contributed by atoms with Gasteiger partial charge in [-0.2, -0.15) is 0 Å². The molecule has 3 nitrogen and oxygen atoms in total. The van der Waals surface area contributed by atoms with E-state index < -0.39 is 5.60 Å². The number of aryl methyl sites for hydroxylation is 1. The summed E-state index contributed by atoms with van der Waals surface area (Å²) in [7, 11) is 0. The Balaban J connectivity index is 1.41. The van der Waals surface area contributed by atoms with Gasteiger partial charge in [-0.05, 0) is 74.8 Å². The smallest absolute Gasteiger partial charge is 0.226 e. The number of carbonyl (C=O) groups is 1. The van der Waals surface area contributed by atoms with Crippen molar-refractivity contribution in [1.82, 2.24) is 5.32 Å². The lowest BCUT2D eigenvalue weighted by atomic mass is 9.47. The van der Waals surface area contributed by atoms with E-state index in [0.29, 0.717) is 24.8 Å². The maximum atomic E-state index is 12.9. The van der Waals surface area contributed by atoms with Gasteiger partial charge in [0, 0.05) is 6.54 Å². The van der Waals surface area contributed by atoms with Crippen molar-refractivity contribution in [3.63, 3.8) is 0 Å². The summed E-state index contributed by atoms with van der Waals surface area (Å²) in [4.78, 5) is 12.9. The van der Waals surface area contributed by atoms with Crippen LogP contribution >= 0.6 is 0 Å². The Bertz CT molecular complexity index is 610. The Labute approximate surface area is 138 Å². The molecule has 1 aromatic rings. The number of hydrogen-bond acceptors (Lipinski definition) is 2. The first-order valence-electron chi connectivity index (χ1n) is 9.03. The number of aliphatic hydroxyl groups is 1. The van der Waals surface area contributed by atoms with Gasteiger partial charge in [0.15, 0.2) is 0 Å². The Morgan fingerprint density at radius 2 is 1.91 bits per heavy atom. The van der Waals surface area contributed by atoms with Crippen LogP contribution in [0.15, 0.2) is 24.3 Å². The molecule has 2 unspecified atom stereocenters. The van der Waals surface area contributed by atoms with E-state index in [-0.39, 0.29) is 11.3 Å². The van der Waals surface area contributed by atoms with E-state index in [0.717, 1.165) is 32.1 Å². The van der Waals surface area contributed by atoms with Crippen molar-refractivity contribution < 1.29 is 9.90 Å². The van der Waals surface area contributed by atoms with Gasteiger partial charge >= 0.3 is 0 Å². The van der Waals surface area contributed by atoms with Gasteiger partial charge in [0.2, 0.25) is 5.91 Å². The maximum absolute atomic E-state index is 12.9. The zero-order chi connectivity index (χ0) is 16.1. The highest BCUT2D eigenvalue weighted by atomic mass is 16.3. The zero-order valence-electron chi connectivity index (χ0n) is 14.0. The lowest BCUT2D eigenvalue weighted by Gasteiger charge is -2.59. The monoisotopic (exact) mass is 313 g/mol. The number of hydrogen-bond donors (Lipinski definition) is 2. The quantitative estimate of drug-likeness (QED) is 0.898. The minimum Gasteiger partial charge on any atom is -0.390 e. The highest BCUT2D eigenvalue weighted by molar-refractivity contribution is 5.83. The summed E-state index contributed by atoms with van der Waals surface area (Å²) in [6.07, 6.45) is 6.60. The third-order valence-corrected chi connectivity index (χ3v) is 6.45. The molecule has 2 atom stereocenters. The van der Waals surface area contributed by atoms with Crippen LogP contribution in [0.1, 0.15) is 49.7 Å². The molecule has 0 radical (unpaired) electrons. The third kappa shape index (κ3) is 2.69. The molecular formula is C20H27NO2. The number of amides is 1. The fourth-order valence-electron chi connectivity index (χ4n) is 5.87. The van der Waals surface area contributed by atoms with Gasteiger partial charge < -0.3 is 10.4 Å². The van der Waals surface area contributed by atoms with Crippen LogP contribution in [0, 0.1) is 24.2 Å². The van der Waals surface area contributed by atoms with Crippen LogP contribution < -0.4 is 5.32 Å². The summed E-state index contributed by atoms with van der Waals surface area (Å²) in [6, 6.07) is 8.35. The molecule has 0 spiro atoms. The van der Waals surface area contributed by atoms with Gasteiger partial charge in [-0.3, -0.25) is 4.79 Å². The first-order valence-corrected chi connectivity index (χ1v) is 9.03. The summed E-state index contributed by atoms with van der Waals surface area (Å²) < 4.78 is 0. The molecule has 23 heavy (non-hydrogen) atoms. The minimum absolute atomic E-state index is 0.193. The van der Waals surface area contributed by atoms with E-state index in [1.165, 1.54) is 17.5 Å². The van der Waals surface area contributed by atoms with Crippen molar-refractivity contribution in [3.05, 3.63) is 35.4 Å². The molecule has 3 heteroatoms. The molecule has 5 rings (SSSR count). The molecule has 4 saturated carbocycles. The van der Waals surface area contributed by atoms with E-state index in [4.69, 9.17) is 0 Å². The SMILES string of the molecule is Cc1ccccc1CCNC(=O)C12CC3CC(CC(O)(C3)C1)C2. The molecule has 1 amide bonds. The van der Waals surface area contributed by atoms with Crippen LogP contribution in [0.3, 0.4) is 0 Å². The van der Waals surface area contributed by atoms with Crippen molar-refractivity contribution in [3.8, 4) is 0 Å². The average Bonchev–Trinajstić information content (AvgIpc) is 2.46. The van der Waals surface area contributed by atoms with Crippen LogP contribution in [-0.2, 0) is 11.2 Å². The fraction of sp³-hybridized carbons (Fsp3) is 0.650. The number of benzene rings is 1. The van der Waals surface area contributed by atoms with E-state index in [1.807, 2.05) is 6.07 Å². The van der Waals surface area contributed by atoms with Gasteiger partial charge in [-0.1, -0.05) is 24.3 Å². The van der Waals surface area contributed by atoms with Crippen LogP contribution in [-0.4, -0.2) is 23.2 Å². The number of carbonyl (C=O) groups excluding carboxylic acids is 1. The second-order valence-electron chi connectivity index (χ2n) is 8.40. The van der Waals surface area contributed by atoms with E-state index >= 15 is 0 Å². The molecule has 4 aliphatic rings. The molecule has 1 aromatic carbocycles. The van der Waals surface area contributed by atoms with Gasteiger partial charge in [-0.15, -0.1) is 0 Å². The largest absolute Gasteiger partial charge is 0.390 e. The lowest BCUT2D eigenvalue weighted by molar-refractivity contribution is -0.178. The first-order chi connectivity index (χ1) is 11.0. The maximum Gasteiger partial charge on any atom is 0.226 e. The second kappa shape index (κ2) is 5.34. The van der Waals surface area contributed by atoms with Gasteiger partial charge in [0.25, 0.3) is 0 Å². The summed E-state index contributed by atoms with van der Waals surface area (Å²) in [5.41, 5.74) is 1.74. The molecule has 0 aromatic heterocycles. The highest BCUT2D eigenvalue weighted by Gasteiger charge is 2.59. The van der Waals surface area contributed by atoms with Crippen LogP contribution in [0.2, 0.25) is 0 Å². The summed E-state index contributed by atoms with van der Waals surface area (Å²) in [5.74, 6) is 1.31. The van der Waals surface area contributed by atoms with Gasteiger partial charge in [0.05, 0.1) is 11.0 Å². The van der Waals surface area contributed by atoms with Gasteiger partial charge in [-0.25, -0.2) is 0 Å². The molecule has 4 aliphatic carbocycles. The van der Waals surface area contributed by atoms with E-state index in [1.54, 1.807) is 0 Å².